The Morgan fingerprint density at radius 2 is 2.16 bits per heavy atom. The van der Waals surface area contributed by atoms with E-state index in [2.05, 4.69) is 4.90 Å². The molecule has 1 aliphatic rings. The largest absolute Gasteiger partial charge is 0.419 e. The number of aromatic nitrogens is 1. The van der Waals surface area contributed by atoms with Gasteiger partial charge in [-0.3, -0.25) is 9.47 Å². The summed E-state index contributed by atoms with van der Waals surface area (Å²) in [5.74, 6) is -0.307. The van der Waals surface area contributed by atoms with Gasteiger partial charge in [-0.2, -0.15) is 0 Å². The molecule has 19 heavy (non-hydrogen) atoms. The van der Waals surface area contributed by atoms with Gasteiger partial charge in [0.2, 0.25) is 0 Å². The number of benzene rings is 1. The molecule has 5 nitrogen and oxygen atoms in total. The first-order chi connectivity index (χ1) is 9.24. The molecule has 1 atom stereocenters. The molecule has 2 aromatic rings. The van der Waals surface area contributed by atoms with Crippen LogP contribution in [0.3, 0.4) is 0 Å². The Bertz CT molecular complexity index is 616. The molecule has 0 bridgehead atoms. The van der Waals surface area contributed by atoms with Gasteiger partial charge in [-0.25, -0.2) is 4.79 Å². The first-order valence-corrected chi connectivity index (χ1v) is 6.73. The van der Waals surface area contributed by atoms with Crippen molar-refractivity contribution in [1.82, 2.24) is 9.47 Å². The topological polar surface area (TPSA) is 58.6 Å². The van der Waals surface area contributed by atoms with Crippen LogP contribution in [0.25, 0.3) is 11.1 Å². The smallest absolute Gasteiger partial charge is 0.408 e. The number of likely N-dealkylation sites (tertiary alicyclic amines) is 1. The van der Waals surface area contributed by atoms with Crippen LogP contribution in [0, 0.1) is 0 Å². The van der Waals surface area contributed by atoms with Gasteiger partial charge in [0.1, 0.15) is 0 Å². The predicted molar refractivity (Wildman–Crippen MR) is 72.2 cm³/mol. The Morgan fingerprint density at radius 3 is 3.00 bits per heavy atom. The third-order valence-corrected chi connectivity index (χ3v) is 3.69. The van der Waals surface area contributed by atoms with Crippen LogP contribution in [0.1, 0.15) is 12.8 Å². The van der Waals surface area contributed by atoms with Gasteiger partial charge in [0.05, 0.1) is 11.6 Å². The van der Waals surface area contributed by atoms with Crippen LogP contribution in [0.5, 0.6) is 0 Å². The number of fused-ring (bicyclic) bond motifs is 1. The van der Waals surface area contributed by atoms with Crippen LogP contribution < -0.4 is 5.76 Å². The van der Waals surface area contributed by atoms with Crippen LogP contribution in [-0.2, 0) is 6.54 Å². The zero-order chi connectivity index (χ0) is 13.2. The maximum atomic E-state index is 11.8. The minimum absolute atomic E-state index is 0.230. The van der Waals surface area contributed by atoms with E-state index in [4.69, 9.17) is 4.42 Å². The van der Waals surface area contributed by atoms with Crippen LogP contribution >= 0.6 is 0 Å². The van der Waals surface area contributed by atoms with E-state index in [9.17, 15) is 9.90 Å². The summed E-state index contributed by atoms with van der Waals surface area (Å²) >= 11 is 0. The van der Waals surface area contributed by atoms with Crippen molar-refractivity contribution < 1.29 is 9.52 Å². The quantitative estimate of drug-likeness (QED) is 0.898. The molecule has 1 N–H and O–H groups in total. The SMILES string of the molecule is O=c1oc2ccccc2n1CCN1CCCC(O)C1. The Balaban J connectivity index is 1.75. The predicted octanol–water partition coefficient (Wildman–Crippen LogP) is 1.05. The summed E-state index contributed by atoms with van der Waals surface area (Å²) in [5.41, 5.74) is 1.47. The minimum Gasteiger partial charge on any atom is -0.408 e. The number of nitrogens with zero attached hydrogens (tertiary/aromatic N) is 2. The molecule has 3 rings (SSSR count). The summed E-state index contributed by atoms with van der Waals surface area (Å²) in [4.78, 5) is 14.0. The van der Waals surface area contributed by atoms with Gasteiger partial charge in [0.15, 0.2) is 5.58 Å². The lowest BCUT2D eigenvalue weighted by Crippen LogP contribution is -2.40. The molecule has 1 saturated heterocycles. The van der Waals surface area contributed by atoms with Gasteiger partial charge in [0.25, 0.3) is 0 Å². The molecule has 5 heteroatoms. The van der Waals surface area contributed by atoms with Crippen molar-refractivity contribution in [1.29, 1.82) is 0 Å². The van der Waals surface area contributed by atoms with Crippen molar-refractivity contribution >= 4 is 11.1 Å². The number of β-amino-alcohol motifs (C(OH)–C–C–N with tert-alkyl or cyclic N) is 1. The van der Waals surface area contributed by atoms with Gasteiger partial charge in [-0.1, -0.05) is 12.1 Å². The van der Waals surface area contributed by atoms with Crippen molar-refractivity contribution in [3.05, 3.63) is 34.8 Å². The summed E-state index contributed by atoms with van der Waals surface area (Å²) in [6, 6.07) is 7.46. The lowest BCUT2D eigenvalue weighted by molar-refractivity contribution is 0.0688. The van der Waals surface area contributed by atoms with E-state index in [-0.39, 0.29) is 11.9 Å². The number of para-hydroxylation sites is 2. The normalized spacial score (nSPS) is 21.0. The van der Waals surface area contributed by atoms with E-state index >= 15 is 0 Å². The van der Waals surface area contributed by atoms with Crippen molar-refractivity contribution in [2.75, 3.05) is 19.6 Å². The average molecular weight is 262 g/mol. The molecular formula is C14H18N2O3. The van der Waals surface area contributed by atoms with Gasteiger partial charge in [-0.05, 0) is 31.5 Å². The maximum absolute atomic E-state index is 11.8. The molecule has 0 aliphatic carbocycles. The molecule has 0 radical (unpaired) electrons. The fraction of sp³-hybridized carbons (Fsp3) is 0.500. The van der Waals surface area contributed by atoms with Gasteiger partial charge in [0, 0.05) is 19.6 Å². The van der Waals surface area contributed by atoms with E-state index < -0.39 is 0 Å². The zero-order valence-electron chi connectivity index (χ0n) is 10.8. The van der Waals surface area contributed by atoms with Crippen LogP contribution in [0.2, 0.25) is 0 Å². The van der Waals surface area contributed by atoms with Crippen molar-refractivity contribution in [3.63, 3.8) is 0 Å². The molecule has 102 valence electrons. The monoisotopic (exact) mass is 262 g/mol. The molecule has 2 heterocycles. The Hall–Kier alpha value is -1.59. The third-order valence-electron chi connectivity index (χ3n) is 3.69. The van der Waals surface area contributed by atoms with Crippen LogP contribution in [-0.4, -0.2) is 40.3 Å². The van der Waals surface area contributed by atoms with E-state index in [0.29, 0.717) is 18.7 Å². The average Bonchev–Trinajstić information content (AvgIpc) is 2.72. The molecule has 1 fully saturated rings. The van der Waals surface area contributed by atoms with Crippen molar-refractivity contribution in [3.8, 4) is 0 Å². The highest BCUT2D eigenvalue weighted by Crippen LogP contribution is 2.13. The Morgan fingerprint density at radius 1 is 1.32 bits per heavy atom. The number of rotatable bonds is 3. The summed E-state index contributed by atoms with van der Waals surface area (Å²) < 4.78 is 6.86. The fourth-order valence-corrected chi connectivity index (χ4v) is 2.70. The lowest BCUT2D eigenvalue weighted by Gasteiger charge is -2.29. The molecular weight excluding hydrogens is 244 g/mol. The van der Waals surface area contributed by atoms with Gasteiger partial charge < -0.3 is 9.52 Å². The number of oxazole rings is 1. The standard InChI is InChI=1S/C14H18N2O3/c17-11-4-3-7-15(10-11)8-9-16-12-5-1-2-6-13(12)19-14(16)18/h1-2,5-6,11,17H,3-4,7-10H2. The third kappa shape index (κ3) is 2.57. The molecule has 0 spiro atoms. The second-order valence-corrected chi connectivity index (χ2v) is 5.08. The van der Waals surface area contributed by atoms with Crippen LogP contribution in [0.4, 0.5) is 0 Å². The van der Waals surface area contributed by atoms with E-state index in [0.717, 1.165) is 31.4 Å². The van der Waals surface area contributed by atoms with E-state index in [1.54, 1.807) is 10.6 Å². The second kappa shape index (κ2) is 5.19. The van der Waals surface area contributed by atoms with Crippen LogP contribution in [0.15, 0.2) is 33.5 Å². The lowest BCUT2D eigenvalue weighted by atomic mass is 10.1. The Labute approximate surface area is 111 Å². The number of piperidine rings is 1. The fourth-order valence-electron chi connectivity index (χ4n) is 2.70. The van der Waals surface area contributed by atoms with E-state index in [1.807, 2.05) is 18.2 Å². The highest BCUT2D eigenvalue weighted by Gasteiger charge is 2.18. The van der Waals surface area contributed by atoms with Crippen molar-refractivity contribution in [2.24, 2.45) is 0 Å². The highest BCUT2D eigenvalue weighted by molar-refractivity contribution is 5.72. The number of aliphatic hydroxyl groups excluding tert-OH is 1. The Kier molecular flexibility index (Phi) is 3.40. The highest BCUT2D eigenvalue weighted by atomic mass is 16.4. The van der Waals surface area contributed by atoms with Gasteiger partial charge in [-0.15, -0.1) is 0 Å². The molecule has 0 saturated carbocycles. The minimum atomic E-state index is -0.307. The summed E-state index contributed by atoms with van der Waals surface area (Å²) in [5, 5.41) is 9.63. The molecule has 1 aliphatic heterocycles. The second-order valence-electron chi connectivity index (χ2n) is 5.08. The first kappa shape index (κ1) is 12.4. The summed E-state index contributed by atoms with van der Waals surface area (Å²) in [6.45, 7) is 3.05. The van der Waals surface area contributed by atoms with Gasteiger partial charge >= 0.3 is 5.76 Å². The number of aliphatic hydroxyl groups is 1. The molecule has 1 aromatic carbocycles. The zero-order valence-corrected chi connectivity index (χ0v) is 10.8. The number of hydrogen-bond donors (Lipinski definition) is 1. The maximum Gasteiger partial charge on any atom is 0.419 e. The molecule has 1 aromatic heterocycles. The number of hydrogen-bond acceptors (Lipinski definition) is 4. The molecule has 0 amide bonds. The summed E-state index contributed by atoms with van der Waals surface area (Å²) in [6.07, 6.45) is 1.67. The van der Waals surface area contributed by atoms with Crippen molar-refractivity contribution in [2.45, 2.75) is 25.5 Å². The molecule has 1 unspecified atom stereocenters. The first-order valence-electron chi connectivity index (χ1n) is 6.73. The summed E-state index contributed by atoms with van der Waals surface area (Å²) in [7, 11) is 0. The van der Waals surface area contributed by atoms with E-state index in [1.165, 1.54) is 0 Å².